The fourth-order valence-electron chi connectivity index (χ4n) is 1.92. The number of nitrogens with zero attached hydrogens (tertiary/aromatic N) is 3. The summed E-state index contributed by atoms with van der Waals surface area (Å²) in [5, 5.41) is 4.20. The van der Waals surface area contributed by atoms with Crippen LogP contribution in [0.1, 0.15) is 29.3 Å². The Morgan fingerprint density at radius 2 is 2.11 bits per heavy atom. The van der Waals surface area contributed by atoms with Gasteiger partial charge in [0, 0.05) is 38.1 Å². The average Bonchev–Trinajstić information content (AvgIpc) is 2.87. The van der Waals surface area contributed by atoms with Crippen molar-refractivity contribution in [1.29, 1.82) is 0 Å². The molecule has 0 radical (unpaired) electrons. The van der Waals surface area contributed by atoms with E-state index in [2.05, 4.69) is 12.0 Å². The first-order valence-corrected chi connectivity index (χ1v) is 6.46. The minimum Gasteiger partial charge on any atom is -0.378 e. The van der Waals surface area contributed by atoms with Crippen molar-refractivity contribution in [3.8, 4) is 0 Å². The van der Waals surface area contributed by atoms with Gasteiger partial charge in [-0.15, -0.1) is 0 Å². The fraction of sp³-hybridized carbons (Fsp3) is 0.333. The monoisotopic (exact) mass is 257 g/mol. The molecular formula is C15H19N3O. The molecule has 0 unspecified atom stereocenters. The summed E-state index contributed by atoms with van der Waals surface area (Å²) < 4.78 is 1.81. The lowest BCUT2D eigenvalue weighted by Crippen LogP contribution is -2.10. The van der Waals surface area contributed by atoms with Gasteiger partial charge in [0.05, 0.1) is 11.8 Å². The summed E-state index contributed by atoms with van der Waals surface area (Å²) in [5.74, 6) is 0.0195. The highest BCUT2D eigenvalue weighted by Gasteiger charge is 2.12. The van der Waals surface area contributed by atoms with Gasteiger partial charge in [0.15, 0.2) is 5.78 Å². The maximum absolute atomic E-state index is 12.4. The molecule has 1 aromatic heterocycles. The molecule has 2 rings (SSSR count). The summed E-state index contributed by atoms with van der Waals surface area (Å²) in [6.07, 6.45) is 4.46. The maximum Gasteiger partial charge on any atom is 0.196 e. The molecule has 0 fully saturated rings. The van der Waals surface area contributed by atoms with Gasteiger partial charge in [-0.05, 0) is 18.6 Å². The molecule has 0 aliphatic rings. The molecule has 1 aromatic carbocycles. The SMILES string of the molecule is CCCn1cc(C(=O)c2cccc(N(C)C)c2)cn1. The lowest BCUT2D eigenvalue weighted by molar-refractivity contribution is 0.103. The molecule has 0 spiro atoms. The van der Waals surface area contributed by atoms with Crippen LogP contribution >= 0.6 is 0 Å². The Balaban J connectivity index is 2.25. The highest BCUT2D eigenvalue weighted by atomic mass is 16.1. The highest BCUT2D eigenvalue weighted by molar-refractivity contribution is 6.09. The van der Waals surface area contributed by atoms with E-state index in [-0.39, 0.29) is 5.78 Å². The molecule has 0 N–H and O–H groups in total. The molecule has 100 valence electrons. The van der Waals surface area contributed by atoms with Gasteiger partial charge in [0.1, 0.15) is 0 Å². The van der Waals surface area contributed by atoms with Gasteiger partial charge in [0.25, 0.3) is 0 Å². The van der Waals surface area contributed by atoms with E-state index in [0.29, 0.717) is 11.1 Å². The van der Waals surface area contributed by atoms with Gasteiger partial charge in [-0.1, -0.05) is 19.1 Å². The number of rotatable bonds is 5. The largest absolute Gasteiger partial charge is 0.378 e. The van der Waals surface area contributed by atoms with E-state index in [0.717, 1.165) is 18.7 Å². The van der Waals surface area contributed by atoms with Crippen molar-refractivity contribution in [2.24, 2.45) is 0 Å². The molecule has 0 saturated heterocycles. The normalized spacial score (nSPS) is 10.5. The standard InChI is InChI=1S/C15H19N3O/c1-4-8-18-11-13(10-16-18)15(19)12-6-5-7-14(9-12)17(2)3/h5-7,9-11H,4,8H2,1-3H3. The van der Waals surface area contributed by atoms with E-state index in [1.807, 2.05) is 54.1 Å². The van der Waals surface area contributed by atoms with E-state index in [1.165, 1.54) is 0 Å². The van der Waals surface area contributed by atoms with Crippen LogP contribution in [0.25, 0.3) is 0 Å². The zero-order valence-electron chi connectivity index (χ0n) is 11.6. The van der Waals surface area contributed by atoms with Crippen molar-refractivity contribution in [2.75, 3.05) is 19.0 Å². The van der Waals surface area contributed by atoms with Crippen LogP contribution in [0, 0.1) is 0 Å². The van der Waals surface area contributed by atoms with Gasteiger partial charge in [-0.25, -0.2) is 0 Å². The molecule has 2 aromatic rings. The van der Waals surface area contributed by atoms with Gasteiger partial charge in [0.2, 0.25) is 0 Å². The van der Waals surface area contributed by atoms with Crippen molar-refractivity contribution in [3.63, 3.8) is 0 Å². The number of aryl methyl sites for hydroxylation is 1. The lowest BCUT2D eigenvalue weighted by atomic mass is 10.1. The lowest BCUT2D eigenvalue weighted by Gasteiger charge is -2.12. The van der Waals surface area contributed by atoms with Gasteiger partial charge in [-0.2, -0.15) is 5.10 Å². The van der Waals surface area contributed by atoms with E-state index in [1.54, 1.807) is 6.20 Å². The Hall–Kier alpha value is -2.10. The Morgan fingerprint density at radius 3 is 2.79 bits per heavy atom. The third kappa shape index (κ3) is 3.02. The van der Waals surface area contributed by atoms with Crippen LogP contribution in [-0.2, 0) is 6.54 Å². The predicted molar refractivity (Wildman–Crippen MR) is 76.7 cm³/mol. The summed E-state index contributed by atoms with van der Waals surface area (Å²) in [7, 11) is 3.92. The summed E-state index contributed by atoms with van der Waals surface area (Å²) >= 11 is 0. The molecule has 4 heteroatoms. The number of benzene rings is 1. The molecule has 0 bridgehead atoms. The number of carbonyl (C=O) groups is 1. The summed E-state index contributed by atoms with van der Waals surface area (Å²) in [6.45, 7) is 2.93. The predicted octanol–water partition coefficient (Wildman–Crippen LogP) is 2.59. The highest BCUT2D eigenvalue weighted by Crippen LogP contribution is 2.16. The second kappa shape index (κ2) is 5.69. The Morgan fingerprint density at radius 1 is 1.32 bits per heavy atom. The Bertz CT molecular complexity index is 572. The third-order valence-corrected chi connectivity index (χ3v) is 2.97. The Kier molecular flexibility index (Phi) is 4.00. The number of hydrogen-bond donors (Lipinski definition) is 0. The van der Waals surface area contributed by atoms with Crippen LogP contribution in [-0.4, -0.2) is 29.7 Å². The van der Waals surface area contributed by atoms with E-state index in [9.17, 15) is 4.79 Å². The second-order valence-corrected chi connectivity index (χ2v) is 4.77. The van der Waals surface area contributed by atoms with E-state index < -0.39 is 0 Å². The van der Waals surface area contributed by atoms with Crippen LogP contribution < -0.4 is 4.90 Å². The van der Waals surface area contributed by atoms with Crippen molar-refractivity contribution >= 4 is 11.5 Å². The van der Waals surface area contributed by atoms with Crippen molar-refractivity contribution < 1.29 is 4.79 Å². The maximum atomic E-state index is 12.4. The zero-order chi connectivity index (χ0) is 13.8. The Labute approximate surface area is 113 Å². The van der Waals surface area contributed by atoms with Gasteiger partial charge < -0.3 is 4.90 Å². The minimum atomic E-state index is 0.0195. The van der Waals surface area contributed by atoms with E-state index in [4.69, 9.17) is 0 Å². The van der Waals surface area contributed by atoms with Crippen molar-refractivity contribution in [3.05, 3.63) is 47.8 Å². The molecule has 0 saturated carbocycles. The number of aromatic nitrogens is 2. The average molecular weight is 257 g/mol. The number of anilines is 1. The molecule has 19 heavy (non-hydrogen) atoms. The summed E-state index contributed by atoms with van der Waals surface area (Å²) in [6, 6.07) is 7.63. The quantitative estimate of drug-likeness (QED) is 0.773. The number of hydrogen-bond acceptors (Lipinski definition) is 3. The van der Waals surface area contributed by atoms with Crippen molar-refractivity contribution in [2.45, 2.75) is 19.9 Å². The van der Waals surface area contributed by atoms with Crippen LogP contribution in [0.3, 0.4) is 0 Å². The molecule has 0 aliphatic heterocycles. The van der Waals surface area contributed by atoms with Gasteiger partial charge in [-0.3, -0.25) is 9.48 Å². The molecule has 0 amide bonds. The molecular weight excluding hydrogens is 238 g/mol. The molecule has 1 heterocycles. The first-order valence-electron chi connectivity index (χ1n) is 6.46. The minimum absolute atomic E-state index is 0.0195. The van der Waals surface area contributed by atoms with Crippen LogP contribution in [0.2, 0.25) is 0 Å². The van der Waals surface area contributed by atoms with Gasteiger partial charge >= 0.3 is 0 Å². The van der Waals surface area contributed by atoms with Crippen LogP contribution in [0.5, 0.6) is 0 Å². The van der Waals surface area contributed by atoms with Crippen LogP contribution in [0.4, 0.5) is 5.69 Å². The smallest absolute Gasteiger partial charge is 0.196 e. The fourth-order valence-corrected chi connectivity index (χ4v) is 1.92. The first-order chi connectivity index (χ1) is 9.11. The zero-order valence-corrected chi connectivity index (χ0v) is 11.6. The summed E-state index contributed by atoms with van der Waals surface area (Å²) in [4.78, 5) is 14.4. The number of ketones is 1. The molecule has 0 atom stereocenters. The summed E-state index contributed by atoms with van der Waals surface area (Å²) in [5.41, 5.74) is 2.36. The number of carbonyl (C=O) groups excluding carboxylic acids is 1. The third-order valence-electron chi connectivity index (χ3n) is 2.97. The molecule has 0 aliphatic carbocycles. The van der Waals surface area contributed by atoms with Crippen molar-refractivity contribution in [1.82, 2.24) is 9.78 Å². The first kappa shape index (κ1) is 13.3. The molecule has 4 nitrogen and oxygen atoms in total. The van der Waals surface area contributed by atoms with Crippen LogP contribution in [0.15, 0.2) is 36.7 Å². The van der Waals surface area contributed by atoms with E-state index >= 15 is 0 Å². The second-order valence-electron chi connectivity index (χ2n) is 4.77. The topological polar surface area (TPSA) is 38.1 Å².